The van der Waals surface area contributed by atoms with Crippen LogP contribution in [0.2, 0.25) is 0 Å². The highest BCUT2D eigenvalue weighted by molar-refractivity contribution is 9.10. The number of ether oxygens (including phenoxy) is 1. The number of hydrogen-bond donors (Lipinski definition) is 0. The topological polar surface area (TPSA) is 26.3 Å². The molecule has 0 aromatic heterocycles. The largest absolute Gasteiger partial charge is 0.466 e. The van der Waals surface area contributed by atoms with Crippen LogP contribution in [0.15, 0.2) is 22.7 Å². The van der Waals surface area contributed by atoms with Gasteiger partial charge in [0, 0.05) is 16.5 Å². The number of halogens is 3. The van der Waals surface area contributed by atoms with Crippen molar-refractivity contribution < 1.29 is 18.3 Å². The minimum atomic E-state index is -2.52. The van der Waals surface area contributed by atoms with Crippen molar-refractivity contribution in [3.8, 4) is 0 Å². The summed E-state index contributed by atoms with van der Waals surface area (Å²) in [7, 11) is 0. The molecule has 94 valence electrons. The number of esters is 1. The van der Waals surface area contributed by atoms with Gasteiger partial charge in [-0.25, -0.2) is 8.78 Å². The maximum atomic E-state index is 12.6. The van der Waals surface area contributed by atoms with Gasteiger partial charge in [0.2, 0.25) is 0 Å². The van der Waals surface area contributed by atoms with E-state index in [1.54, 1.807) is 19.1 Å². The number of alkyl halides is 2. The summed E-state index contributed by atoms with van der Waals surface area (Å²) in [6.45, 7) is 2.06. The predicted molar refractivity (Wildman–Crippen MR) is 64.1 cm³/mol. The van der Waals surface area contributed by atoms with Crippen LogP contribution in [0.4, 0.5) is 8.78 Å². The third-order valence-corrected chi connectivity index (χ3v) is 3.21. The minimum absolute atomic E-state index is 0.0497. The Bertz CT molecular complexity index is 394. The zero-order valence-corrected chi connectivity index (χ0v) is 11.0. The Balaban J connectivity index is 2.72. The molecule has 1 aromatic carbocycles. The van der Waals surface area contributed by atoms with Crippen LogP contribution in [0.25, 0.3) is 0 Å². The Kier molecular flexibility index (Phi) is 5.55. The molecule has 0 amide bonds. The smallest absolute Gasteiger partial charge is 0.306 e. The van der Waals surface area contributed by atoms with E-state index in [4.69, 9.17) is 4.74 Å². The van der Waals surface area contributed by atoms with E-state index < -0.39 is 6.43 Å². The highest BCUT2D eigenvalue weighted by atomic mass is 79.9. The third kappa shape index (κ3) is 4.07. The van der Waals surface area contributed by atoms with Gasteiger partial charge in [-0.15, -0.1) is 0 Å². The summed E-state index contributed by atoms with van der Waals surface area (Å²) in [5.74, 6) is -0.318. The van der Waals surface area contributed by atoms with Crippen LogP contribution in [0.3, 0.4) is 0 Å². The van der Waals surface area contributed by atoms with Gasteiger partial charge in [0.1, 0.15) is 0 Å². The van der Waals surface area contributed by atoms with Gasteiger partial charge in [-0.2, -0.15) is 0 Å². The van der Waals surface area contributed by atoms with Crippen LogP contribution >= 0.6 is 15.9 Å². The monoisotopic (exact) mass is 306 g/mol. The molecule has 5 heteroatoms. The third-order valence-electron chi connectivity index (χ3n) is 2.25. The molecular formula is C12H13BrF2O2. The number of hydrogen-bond acceptors (Lipinski definition) is 2. The van der Waals surface area contributed by atoms with Crippen molar-refractivity contribution in [1.82, 2.24) is 0 Å². The Labute approximate surface area is 107 Å². The van der Waals surface area contributed by atoms with Crippen LogP contribution in [-0.4, -0.2) is 12.6 Å². The summed E-state index contributed by atoms with van der Waals surface area (Å²) in [5, 5.41) is 0. The van der Waals surface area contributed by atoms with Crippen molar-refractivity contribution in [1.29, 1.82) is 0 Å². The molecule has 0 fully saturated rings. The zero-order valence-electron chi connectivity index (χ0n) is 9.38. The van der Waals surface area contributed by atoms with Crippen LogP contribution < -0.4 is 0 Å². The summed E-state index contributed by atoms with van der Waals surface area (Å²) >= 11 is 3.14. The van der Waals surface area contributed by atoms with E-state index in [0.717, 1.165) is 0 Å². The fourth-order valence-corrected chi connectivity index (χ4v) is 2.07. The molecule has 0 aliphatic carbocycles. The van der Waals surface area contributed by atoms with E-state index in [9.17, 15) is 13.6 Å². The van der Waals surface area contributed by atoms with E-state index in [0.29, 0.717) is 23.1 Å². The van der Waals surface area contributed by atoms with Crippen molar-refractivity contribution in [2.24, 2.45) is 0 Å². The van der Waals surface area contributed by atoms with E-state index in [1.165, 1.54) is 6.07 Å². The lowest BCUT2D eigenvalue weighted by molar-refractivity contribution is -0.143. The minimum Gasteiger partial charge on any atom is -0.466 e. The standard InChI is InChI=1S/C12H13BrF2O2/c1-2-17-10(16)7-6-8-4-3-5-9(11(8)13)12(14)15/h3-5,12H,2,6-7H2,1H3. The van der Waals surface area contributed by atoms with Crippen molar-refractivity contribution in [3.05, 3.63) is 33.8 Å². The van der Waals surface area contributed by atoms with Gasteiger partial charge in [0.25, 0.3) is 6.43 Å². The summed E-state index contributed by atoms with van der Waals surface area (Å²) in [5.41, 5.74) is 0.641. The van der Waals surface area contributed by atoms with Gasteiger partial charge in [0.15, 0.2) is 0 Å². The second-order valence-electron chi connectivity index (χ2n) is 3.43. The van der Waals surface area contributed by atoms with Gasteiger partial charge in [-0.1, -0.05) is 34.1 Å². The summed E-state index contributed by atoms with van der Waals surface area (Å²) < 4.78 is 30.4. The molecule has 0 N–H and O–H groups in total. The molecule has 2 nitrogen and oxygen atoms in total. The number of carbonyl (C=O) groups is 1. The van der Waals surface area contributed by atoms with Crippen LogP contribution in [0.5, 0.6) is 0 Å². The van der Waals surface area contributed by atoms with E-state index in [-0.39, 0.29) is 18.0 Å². The first kappa shape index (κ1) is 14.1. The van der Waals surface area contributed by atoms with Crippen LogP contribution in [0, 0.1) is 0 Å². The molecule has 0 spiro atoms. The first-order valence-electron chi connectivity index (χ1n) is 5.27. The van der Waals surface area contributed by atoms with Gasteiger partial charge < -0.3 is 4.74 Å². The number of rotatable bonds is 5. The number of benzene rings is 1. The number of carbonyl (C=O) groups excluding carboxylic acids is 1. The van der Waals surface area contributed by atoms with Gasteiger partial charge >= 0.3 is 5.97 Å². The maximum absolute atomic E-state index is 12.6. The Hall–Kier alpha value is -0.970. The van der Waals surface area contributed by atoms with Crippen molar-refractivity contribution in [3.63, 3.8) is 0 Å². The maximum Gasteiger partial charge on any atom is 0.306 e. The molecule has 0 atom stereocenters. The molecule has 17 heavy (non-hydrogen) atoms. The quantitative estimate of drug-likeness (QED) is 0.772. The molecule has 0 saturated carbocycles. The Morgan fingerprint density at radius 2 is 2.18 bits per heavy atom. The van der Waals surface area contributed by atoms with Gasteiger partial charge in [-0.3, -0.25) is 4.79 Å². The average molecular weight is 307 g/mol. The fourth-order valence-electron chi connectivity index (χ4n) is 1.43. The first-order chi connectivity index (χ1) is 8.06. The molecule has 0 aliphatic heterocycles. The molecule has 1 rings (SSSR count). The Morgan fingerprint density at radius 3 is 2.76 bits per heavy atom. The van der Waals surface area contributed by atoms with Crippen molar-refractivity contribution >= 4 is 21.9 Å². The van der Waals surface area contributed by atoms with Crippen LogP contribution in [0.1, 0.15) is 30.9 Å². The second kappa shape index (κ2) is 6.69. The van der Waals surface area contributed by atoms with Gasteiger partial charge in [-0.05, 0) is 18.9 Å². The molecular weight excluding hydrogens is 294 g/mol. The predicted octanol–water partition coefficient (Wildman–Crippen LogP) is 3.88. The normalized spacial score (nSPS) is 10.6. The molecule has 0 bridgehead atoms. The molecule has 0 aliphatic rings. The fraction of sp³-hybridized carbons (Fsp3) is 0.417. The lowest BCUT2D eigenvalue weighted by atomic mass is 10.1. The molecule has 1 aromatic rings. The summed E-state index contributed by atoms with van der Waals surface area (Å²) in [4.78, 5) is 11.2. The molecule has 0 heterocycles. The Morgan fingerprint density at radius 1 is 1.47 bits per heavy atom. The van der Waals surface area contributed by atoms with Crippen LogP contribution in [-0.2, 0) is 16.0 Å². The summed E-state index contributed by atoms with van der Waals surface area (Å²) in [6, 6.07) is 4.64. The van der Waals surface area contributed by atoms with Crippen molar-refractivity contribution in [2.75, 3.05) is 6.61 Å². The van der Waals surface area contributed by atoms with Crippen molar-refractivity contribution in [2.45, 2.75) is 26.2 Å². The van der Waals surface area contributed by atoms with E-state index in [1.807, 2.05) is 0 Å². The average Bonchev–Trinajstić information content (AvgIpc) is 2.27. The highest BCUT2D eigenvalue weighted by Gasteiger charge is 2.14. The zero-order chi connectivity index (χ0) is 12.8. The second-order valence-corrected chi connectivity index (χ2v) is 4.22. The molecule has 0 radical (unpaired) electrons. The lowest BCUT2D eigenvalue weighted by Crippen LogP contribution is -2.05. The molecule has 0 unspecified atom stereocenters. The first-order valence-corrected chi connectivity index (χ1v) is 6.06. The van der Waals surface area contributed by atoms with E-state index >= 15 is 0 Å². The van der Waals surface area contributed by atoms with E-state index in [2.05, 4.69) is 15.9 Å². The SMILES string of the molecule is CCOC(=O)CCc1cccc(C(F)F)c1Br. The summed E-state index contributed by atoms with van der Waals surface area (Å²) in [6.07, 6.45) is -1.94. The molecule has 0 saturated heterocycles. The number of aryl methyl sites for hydroxylation is 1. The van der Waals surface area contributed by atoms with Gasteiger partial charge in [0.05, 0.1) is 6.61 Å². The lowest BCUT2D eigenvalue weighted by Gasteiger charge is -2.09. The highest BCUT2D eigenvalue weighted by Crippen LogP contribution is 2.30.